The van der Waals surface area contributed by atoms with Crippen LogP contribution in [0.25, 0.3) is 0 Å². The molecule has 2 aliphatic heterocycles. The van der Waals surface area contributed by atoms with Gasteiger partial charge < -0.3 is 15.3 Å². The molecule has 2 fully saturated rings. The molecule has 0 aromatic carbocycles. The van der Waals surface area contributed by atoms with E-state index in [9.17, 15) is 9.59 Å². The number of carbonyl (C=O) groups is 2. The van der Waals surface area contributed by atoms with Crippen molar-refractivity contribution in [2.24, 2.45) is 5.92 Å². The summed E-state index contributed by atoms with van der Waals surface area (Å²) in [5.74, 6) is -0.136. The van der Waals surface area contributed by atoms with Crippen molar-refractivity contribution in [2.45, 2.75) is 25.8 Å². The number of carbonyl (C=O) groups excluding carboxylic acids is 1. The van der Waals surface area contributed by atoms with E-state index in [2.05, 4.69) is 17.1 Å². The number of carboxylic acid groups (broad SMARTS) is 1. The zero-order valence-electron chi connectivity index (χ0n) is 11.5. The molecule has 0 aromatic heterocycles. The summed E-state index contributed by atoms with van der Waals surface area (Å²) in [7, 11) is 0. The second-order valence-electron chi connectivity index (χ2n) is 5.51. The normalized spacial score (nSPS) is 28.6. The van der Waals surface area contributed by atoms with Gasteiger partial charge in [-0.15, -0.1) is 0 Å². The highest BCUT2D eigenvalue weighted by Crippen LogP contribution is 2.17. The number of rotatable bonds is 4. The third-order valence-electron chi connectivity index (χ3n) is 4.12. The van der Waals surface area contributed by atoms with Gasteiger partial charge in [-0.25, -0.2) is 0 Å². The summed E-state index contributed by atoms with van der Waals surface area (Å²) in [6.45, 7) is 6.60. The lowest BCUT2D eigenvalue weighted by Gasteiger charge is -2.36. The predicted molar refractivity (Wildman–Crippen MR) is 70.8 cm³/mol. The molecule has 0 saturated carbocycles. The maximum atomic E-state index is 12.3. The molecule has 108 valence electrons. The Balaban J connectivity index is 1.76. The topological polar surface area (TPSA) is 72.9 Å². The fraction of sp³-hybridized carbons (Fsp3) is 0.846. The van der Waals surface area contributed by atoms with E-state index in [-0.39, 0.29) is 18.4 Å². The highest BCUT2D eigenvalue weighted by Gasteiger charge is 2.33. The minimum absolute atomic E-state index is 0.0226. The lowest BCUT2D eigenvalue weighted by atomic mass is 10.0. The molecule has 2 unspecified atom stereocenters. The Morgan fingerprint density at radius 3 is 2.47 bits per heavy atom. The molecule has 0 aromatic rings. The minimum atomic E-state index is -0.762. The van der Waals surface area contributed by atoms with E-state index in [1.165, 1.54) is 0 Å². The molecule has 2 heterocycles. The van der Waals surface area contributed by atoms with E-state index in [0.29, 0.717) is 25.6 Å². The van der Waals surface area contributed by atoms with Crippen LogP contribution in [0.1, 0.15) is 19.8 Å². The Kier molecular flexibility index (Phi) is 4.76. The van der Waals surface area contributed by atoms with E-state index >= 15 is 0 Å². The Labute approximate surface area is 113 Å². The van der Waals surface area contributed by atoms with Gasteiger partial charge >= 0.3 is 5.97 Å². The smallest absolute Gasteiger partial charge is 0.304 e. The van der Waals surface area contributed by atoms with Crippen molar-refractivity contribution in [2.75, 3.05) is 39.3 Å². The van der Waals surface area contributed by atoms with Gasteiger partial charge in [-0.2, -0.15) is 0 Å². The summed E-state index contributed by atoms with van der Waals surface area (Å²) in [6.07, 6.45) is 1.24. The van der Waals surface area contributed by atoms with Gasteiger partial charge in [0.2, 0.25) is 5.91 Å². The third-order valence-corrected chi connectivity index (χ3v) is 4.12. The standard InChI is InChI=1S/C13H23N3O3/c1-10-2-4-14-12(10)13(19)16-8-6-15(7-9-16)5-3-11(17)18/h10,12,14H,2-9H2,1H3,(H,17,18). The number of amides is 1. The van der Waals surface area contributed by atoms with Crippen molar-refractivity contribution in [1.29, 1.82) is 0 Å². The van der Waals surface area contributed by atoms with Crippen LogP contribution < -0.4 is 5.32 Å². The van der Waals surface area contributed by atoms with Crippen LogP contribution in [0.5, 0.6) is 0 Å². The molecule has 0 bridgehead atoms. The Morgan fingerprint density at radius 1 is 1.26 bits per heavy atom. The van der Waals surface area contributed by atoms with Crippen LogP contribution in [0.15, 0.2) is 0 Å². The minimum Gasteiger partial charge on any atom is -0.481 e. The molecule has 2 saturated heterocycles. The summed E-state index contributed by atoms with van der Waals surface area (Å²) >= 11 is 0. The average molecular weight is 269 g/mol. The fourth-order valence-electron chi connectivity index (χ4n) is 2.81. The number of nitrogens with one attached hydrogen (secondary N) is 1. The number of aliphatic carboxylic acids is 1. The molecule has 2 atom stereocenters. The second-order valence-corrected chi connectivity index (χ2v) is 5.51. The van der Waals surface area contributed by atoms with E-state index in [1.54, 1.807) is 0 Å². The molecule has 19 heavy (non-hydrogen) atoms. The first kappa shape index (κ1) is 14.3. The highest BCUT2D eigenvalue weighted by molar-refractivity contribution is 5.82. The summed E-state index contributed by atoms with van der Waals surface area (Å²) in [5.41, 5.74) is 0. The van der Waals surface area contributed by atoms with Crippen LogP contribution >= 0.6 is 0 Å². The summed E-state index contributed by atoms with van der Waals surface area (Å²) < 4.78 is 0. The maximum absolute atomic E-state index is 12.3. The van der Waals surface area contributed by atoms with Gasteiger partial charge in [0.05, 0.1) is 12.5 Å². The van der Waals surface area contributed by atoms with E-state index in [4.69, 9.17) is 5.11 Å². The molecule has 6 nitrogen and oxygen atoms in total. The van der Waals surface area contributed by atoms with E-state index in [1.807, 2.05) is 4.90 Å². The van der Waals surface area contributed by atoms with Gasteiger partial charge in [0.15, 0.2) is 0 Å². The van der Waals surface area contributed by atoms with Crippen molar-refractivity contribution in [3.63, 3.8) is 0 Å². The molecule has 2 rings (SSSR count). The monoisotopic (exact) mass is 269 g/mol. The van der Waals surface area contributed by atoms with Crippen LogP contribution in [0.4, 0.5) is 0 Å². The summed E-state index contributed by atoms with van der Waals surface area (Å²) in [6, 6.07) is -0.0226. The molecular formula is C13H23N3O3. The molecule has 2 N–H and O–H groups in total. The van der Waals surface area contributed by atoms with E-state index < -0.39 is 5.97 Å². The fourth-order valence-corrected chi connectivity index (χ4v) is 2.81. The lowest BCUT2D eigenvalue weighted by molar-refractivity contribution is -0.139. The molecular weight excluding hydrogens is 246 g/mol. The average Bonchev–Trinajstić information content (AvgIpc) is 2.82. The van der Waals surface area contributed by atoms with Gasteiger partial charge in [0, 0.05) is 32.7 Å². The summed E-state index contributed by atoms with van der Waals surface area (Å²) in [4.78, 5) is 26.9. The quantitative estimate of drug-likeness (QED) is 0.727. The van der Waals surface area contributed by atoms with Gasteiger partial charge in [-0.1, -0.05) is 6.92 Å². The molecule has 0 radical (unpaired) electrons. The maximum Gasteiger partial charge on any atom is 0.304 e. The van der Waals surface area contributed by atoms with Crippen LogP contribution in [0.2, 0.25) is 0 Å². The first-order chi connectivity index (χ1) is 9.08. The van der Waals surface area contributed by atoms with Crippen LogP contribution in [0.3, 0.4) is 0 Å². The van der Waals surface area contributed by atoms with Crippen molar-refractivity contribution in [1.82, 2.24) is 15.1 Å². The second kappa shape index (κ2) is 6.34. The van der Waals surface area contributed by atoms with Crippen molar-refractivity contribution in [3.05, 3.63) is 0 Å². The number of nitrogens with zero attached hydrogens (tertiary/aromatic N) is 2. The predicted octanol–water partition coefficient (Wildman–Crippen LogP) is -0.397. The van der Waals surface area contributed by atoms with Gasteiger partial charge in [-0.3, -0.25) is 14.5 Å². The van der Waals surface area contributed by atoms with Gasteiger partial charge in [0.1, 0.15) is 0 Å². The SMILES string of the molecule is CC1CCNC1C(=O)N1CCN(CCC(=O)O)CC1. The first-order valence-corrected chi connectivity index (χ1v) is 7.04. The van der Waals surface area contributed by atoms with Crippen molar-refractivity contribution < 1.29 is 14.7 Å². The molecule has 1 amide bonds. The first-order valence-electron chi connectivity index (χ1n) is 7.04. The molecule has 2 aliphatic rings. The number of carboxylic acids is 1. The number of hydrogen-bond donors (Lipinski definition) is 2. The molecule has 6 heteroatoms. The number of piperazine rings is 1. The summed E-state index contributed by atoms with van der Waals surface area (Å²) in [5, 5.41) is 11.9. The van der Waals surface area contributed by atoms with Crippen molar-refractivity contribution in [3.8, 4) is 0 Å². The van der Waals surface area contributed by atoms with E-state index in [0.717, 1.165) is 26.1 Å². The Morgan fingerprint density at radius 2 is 1.95 bits per heavy atom. The zero-order valence-corrected chi connectivity index (χ0v) is 11.5. The highest BCUT2D eigenvalue weighted by atomic mass is 16.4. The van der Waals surface area contributed by atoms with Gasteiger partial charge in [0.25, 0.3) is 0 Å². The number of hydrogen-bond acceptors (Lipinski definition) is 4. The van der Waals surface area contributed by atoms with Crippen molar-refractivity contribution >= 4 is 11.9 Å². The Bertz CT molecular complexity index is 340. The zero-order chi connectivity index (χ0) is 13.8. The Hall–Kier alpha value is -1.14. The molecule has 0 spiro atoms. The van der Waals surface area contributed by atoms with Crippen LogP contribution in [0, 0.1) is 5.92 Å². The van der Waals surface area contributed by atoms with Crippen LogP contribution in [-0.2, 0) is 9.59 Å². The third kappa shape index (κ3) is 3.67. The van der Waals surface area contributed by atoms with Crippen LogP contribution in [-0.4, -0.2) is 72.1 Å². The largest absolute Gasteiger partial charge is 0.481 e. The molecule has 0 aliphatic carbocycles. The lowest BCUT2D eigenvalue weighted by Crippen LogP contribution is -2.54. The van der Waals surface area contributed by atoms with Gasteiger partial charge in [-0.05, 0) is 18.9 Å².